The van der Waals surface area contributed by atoms with Crippen LogP contribution in [0.4, 0.5) is 0 Å². The first-order chi connectivity index (χ1) is 22.2. The second-order valence-corrected chi connectivity index (χ2v) is 12.8. The zero-order chi connectivity index (χ0) is 32.4. The van der Waals surface area contributed by atoms with E-state index in [1.54, 1.807) is 31.1 Å². The molecule has 46 heavy (non-hydrogen) atoms. The standard InChI is InChI=1S/C38H43N5O3/c1-40-18-20-43(21-19-40)37(46)38(25-33(38)30-12-5-4-6-13-30)42(3)36(45)34(24-27-16-17-29-11-7-8-14-31(29)22-27)41(2)35(44)32-15-9-10-28(23-32)26-39/h4-17,22-23,33-34H,18-21,24-26,39H2,1-3H3/t33-,34-,38+/m1/s1. The SMILES string of the molecule is CN1CCN(C(=O)[C@]2(N(C)C(=O)[C@@H](Cc3ccc4ccccc4c3)N(C)C(=O)c3cccc(CN)c3)C[C@@H]2c2ccccc2)CC1. The molecule has 2 N–H and O–H groups in total. The van der Waals surface area contributed by atoms with Gasteiger partial charge in [0.15, 0.2) is 0 Å². The number of hydrogen-bond acceptors (Lipinski definition) is 5. The molecule has 2 aliphatic rings. The Morgan fingerprint density at radius 2 is 1.52 bits per heavy atom. The normalized spacial score (nSPS) is 20.3. The minimum Gasteiger partial charge on any atom is -0.338 e. The molecular formula is C38H43N5O3. The molecule has 2 fully saturated rings. The third-order valence-electron chi connectivity index (χ3n) is 9.95. The van der Waals surface area contributed by atoms with Gasteiger partial charge in [-0.3, -0.25) is 14.4 Å². The molecule has 0 radical (unpaired) electrons. The molecule has 238 valence electrons. The van der Waals surface area contributed by atoms with E-state index >= 15 is 0 Å². The summed E-state index contributed by atoms with van der Waals surface area (Å²) in [4.78, 5) is 50.6. The summed E-state index contributed by atoms with van der Waals surface area (Å²) in [5.74, 6) is -0.657. The van der Waals surface area contributed by atoms with Gasteiger partial charge in [-0.2, -0.15) is 0 Å². The predicted molar refractivity (Wildman–Crippen MR) is 181 cm³/mol. The van der Waals surface area contributed by atoms with E-state index in [4.69, 9.17) is 5.73 Å². The van der Waals surface area contributed by atoms with Gasteiger partial charge in [-0.1, -0.05) is 84.9 Å². The van der Waals surface area contributed by atoms with Crippen LogP contribution >= 0.6 is 0 Å². The van der Waals surface area contributed by atoms with Crippen LogP contribution in [0.25, 0.3) is 10.8 Å². The van der Waals surface area contributed by atoms with Crippen LogP contribution in [0.5, 0.6) is 0 Å². The summed E-state index contributed by atoms with van der Waals surface area (Å²) >= 11 is 0. The molecule has 1 aliphatic heterocycles. The Morgan fingerprint density at radius 1 is 0.826 bits per heavy atom. The number of nitrogens with two attached hydrogens (primary N) is 1. The Kier molecular flexibility index (Phi) is 8.93. The Morgan fingerprint density at radius 3 is 2.24 bits per heavy atom. The summed E-state index contributed by atoms with van der Waals surface area (Å²) in [6.07, 6.45) is 0.852. The smallest absolute Gasteiger partial charge is 0.254 e. The van der Waals surface area contributed by atoms with E-state index < -0.39 is 11.6 Å². The molecule has 4 aromatic carbocycles. The molecule has 1 aliphatic carbocycles. The maximum atomic E-state index is 14.8. The third kappa shape index (κ3) is 6.02. The van der Waals surface area contributed by atoms with Crippen LogP contribution in [0, 0.1) is 0 Å². The van der Waals surface area contributed by atoms with Crippen LogP contribution < -0.4 is 5.73 Å². The largest absolute Gasteiger partial charge is 0.338 e. The summed E-state index contributed by atoms with van der Waals surface area (Å²) in [6, 6.07) is 30.6. The Bertz CT molecular complexity index is 1730. The molecule has 8 heteroatoms. The fourth-order valence-electron chi connectivity index (χ4n) is 6.94. The number of carbonyl (C=O) groups excluding carboxylic acids is 3. The first-order valence-electron chi connectivity index (χ1n) is 16.1. The Balaban J connectivity index is 1.36. The van der Waals surface area contributed by atoms with Crippen LogP contribution in [0.3, 0.4) is 0 Å². The lowest BCUT2D eigenvalue weighted by molar-refractivity contribution is -0.149. The van der Waals surface area contributed by atoms with Gasteiger partial charge in [0.1, 0.15) is 11.6 Å². The highest BCUT2D eigenvalue weighted by molar-refractivity contribution is 6.01. The third-order valence-corrected chi connectivity index (χ3v) is 9.95. The topological polar surface area (TPSA) is 90.2 Å². The number of likely N-dealkylation sites (N-methyl/N-ethyl adjacent to an activating group) is 3. The molecule has 3 atom stereocenters. The Labute approximate surface area is 271 Å². The van der Waals surface area contributed by atoms with Crippen molar-refractivity contribution < 1.29 is 14.4 Å². The molecular weight excluding hydrogens is 574 g/mol. The lowest BCUT2D eigenvalue weighted by Crippen LogP contribution is -2.60. The summed E-state index contributed by atoms with van der Waals surface area (Å²) in [5, 5.41) is 2.17. The first-order valence-corrected chi connectivity index (χ1v) is 16.1. The van der Waals surface area contributed by atoms with Gasteiger partial charge in [0.25, 0.3) is 5.91 Å². The molecule has 8 nitrogen and oxygen atoms in total. The fraction of sp³-hybridized carbons (Fsp3) is 0.342. The molecule has 0 aromatic heterocycles. The summed E-state index contributed by atoms with van der Waals surface area (Å²) in [7, 11) is 5.50. The van der Waals surface area contributed by atoms with Crippen molar-refractivity contribution in [2.24, 2.45) is 5.73 Å². The number of amides is 3. The van der Waals surface area contributed by atoms with E-state index in [0.717, 1.165) is 40.6 Å². The predicted octanol–water partition coefficient (Wildman–Crippen LogP) is 4.14. The van der Waals surface area contributed by atoms with E-state index in [-0.39, 0.29) is 23.6 Å². The second-order valence-electron chi connectivity index (χ2n) is 12.8. The summed E-state index contributed by atoms with van der Waals surface area (Å²) in [6.45, 7) is 3.14. The van der Waals surface area contributed by atoms with Crippen molar-refractivity contribution >= 4 is 28.5 Å². The molecule has 4 aromatic rings. The van der Waals surface area contributed by atoms with E-state index in [1.807, 2.05) is 77.7 Å². The van der Waals surface area contributed by atoms with Crippen molar-refractivity contribution in [3.63, 3.8) is 0 Å². The van der Waals surface area contributed by atoms with Gasteiger partial charge >= 0.3 is 0 Å². The van der Waals surface area contributed by atoms with Crippen LogP contribution in [-0.4, -0.2) is 96.2 Å². The molecule has 3 amide bonds. The van der Waals surface area contributed by atoms with Crippen molar-refractivity contribution in [2.45, 2.75) is 36.9 Å². The second kappa shape index (κ2) is 13.1. The molecule has 0 spiro atoms. The van der Waals surface area contributed by atoms with E-state index in [9.17, 15) is 14.4 Å². The number of nitrogens with zero attached hydrogens (tertiary/aromatic N) is 4. The molecule has 1 saturated heterocycles. The van der Waals surface area contributed by atoms with Crippen molar-refractivity contribution in [2.75, 3.05) is 47.3 Å². The fourth-order valence-corrected chi connectivity index (χ4v) is 6.94. The zero-order valence-corrected chi connectivity index (χ0v) is 26.9. The number of hydrogen-bond donors (Lipinski definition) is 1. The van der Waals surface area contributed by atoms with Crippen LogP contribution in [0.2, 0.25) is 0 Å². The number of carbonyl (C=O) groups is 3. The van der Waals surface area contributed by atoms with Crippen LogP contribution in [0.1, 0.15) is 39.4 Å². The number of fused-ring (bicyclic) bond motifs is 1. The molecule has 0 bridgehead atoms. The average molecular weight is 618 g/mol. The molecule has 0 unspecified atom stereocenters. The van der Waals surface area contributed by atoms with Gasteiger partial charge in [-0.25, -0.2) is 0 Å². The van der Waals surface area contributed by atoms with Gasteiger partial charge < -0.3 is 25.3 Å². The monoisotopic (exact) mass is 617 g/mol. The summed E-state index contributed by atoms with van der Waals surface area (Å²) in [5.41, 5.74) is 8.16. The Hall–Kier alpha value is -4.53. The quantitative estimate of drug-likeness (QED) is 0.305. The van der Waals surface area contributed by atoms with Crippen LogP contribution in [-0.2, 0) is 22.6 Å². The first kappa shape index (κ1) is 31.5. The average Bonchev–Trinajstić information content (AvgIpc) is 3.86. The maximum absolute atomic E-state index is 14.8. The zero-order valence-electron chi connectivity index (χ0n) is 26.9. The lowest BCUT2D eigenvalue weighted by atomic mass is 9.97. The highest BCUT2D eigenvalue weighted by atomic mass is 16.2. The van der Waals surface area contributed by atoms with Crippen molar-refractivity contribution in [1.29, 1.82) is 0 Å². The van der Waals surface area contributed by atoms with Gasteiger partial charge in [-0.05, 0) is 53.1 Å². The van der Waals surface area contributed by atoms with Crippen molar-refractivity contribution in [3.05, 3.63) is 119 Å². The molecule has 1 heterocycles. The van der Waals surface area contributed by atoms with Crippen LogP contribution in [0.15, 0.2) is 97.1 Å². The number of rotatable bonds is 9. The van der Waals surface area contributed by atoms with Gasteiger partial charge in [0.2, 0.25) is 11.8 Å². The maximum Gasteiger partial charge on any atom is 0.254 e. The lowest BCUT2D eigenvalue weighted by Gasteiger charge is -2.40. The minimum atomic E-state index is -1.01. The minimum absolute atomic E-state index is 0.0145. The van der Waals surface area contributed by atoms with Crippen molar-refractivity contribution in [3.8, 4) is 0 Å². The number of benzene rings is 4. The molecule has 6 rings (SSSR count). The summed E-state index contributed by atoms with van der Waals surface area (Å²) < 4.78 is 0. The van der Waals surface area contributed by atoms with E-state index in [0.29, 0.717) is 38.0 Å². The highest BCUT2D eigenvalue weighted by Crippen LogP contribution is 2.56. The van der Waals surface area contributed by atoms with E-state index in [2.05, 4.69) is 24.1 Å². The highest BCUT2D eigenvalue weighted by Gasteiger charge is 2.66. The van der Waals surface area contributed by atoms with E-state index in [1.165, 1.54) is 4.90 Å². The van der Waals surface area contributed by atoms with Crippen molar-refractivity contribution in [1.82, 2.24) is 19.6 Å². The van der Waals surface area contributed by atoms with Gasteiger partial charge in [-0.15, -0.1) is 0 Å². The molecule has 1 saturated carbocycles. The van der Waals surface area contributed by atoms with Gasteiger partial charge in [0, 0.05) is 64.7 Å². The number of piperazine rings is 1. The van der Waals surface area contributed by atoms with Gasteiger partial charge in [0.05, 0.1) is 0 Å².